The molecule has 0 saturated heterocycles. The minimum absolute atomic E-state index is 0.459. The SMILES string of the molecule is CCc1nsc(NCC2(C(=O)O)CC2)n1. The van der Waals surface area contributed by atoms with Gasteiger partial charge >= 0.3 is 5.97 Å². The number of carboxylic acids is 1. The van der Waals surface area contributed by atoms with E-state index in [1.54, 1.807) is 0 Å². The van der Waals surface area contributed by atoms with Gasteiger partial charge in [0.05, 0.1) is 5.41 Å². The lowest BCUT2D eigenvalue weighted by molar-refractivity contribution is -0.142. The molecule has 1 aliphatic carbocycles. The van der Waals surface area contributed by atoms with E-state index in [0.29, 0.717) is 6.54 Å². The lowest BCUT2D eigenvalue weighted by Crippen LogP contribution is -2.24. The summed E-state index contributed by atoms with van der Waals surface area (Å²) < 4.78 is 4.12. The number of aromatic nitrogens is 2. The molecule has 0 bridgehead atoms. The zero-order valence-corrected chi connectivity index (χ0v) is 9.30. The summed E-state index contributed by atoms with van der Waals surface area (Å²) in [6.45, 7) is 2.45. The summed E-state index contributed by atoms with van der Waals surface area (Å²) in [6.07, 6.45) is 2.33. The van der Waals surface area contributed by atoms with Crippen LogP contribution in [0.1, 0.15) is 25.6 Å². The van der Waals surface area contributed by atoms with Crippen molar-refractivity contribution in [2.45, 2.75) is 26.2 Å². The third kappa shape index (κ3) is 2.09. The largest absolute Gasteiger partial charge is 0.481 e. The number of hydrogen-bond donors (Lipinski definition) is 2. The zero-order valence-electron chi connectivity index (χ0n) is 8.49. The van der Waals surface area contributed by atoms with Gasteiger partial charge in [0.15, 0.2) is 0 Å². The Balaban J connectivity index is 1.90. The third-order valence-corrected chi connectivity index (χ3v) is 3.38. The van der Waals surface area contributed by atoms with Crippen molar-refractivity contribution in [3.05, 3.63) is 5.82 Å². The van der Waals surface area contributed by atoms with E-state index in [4.69, 9.17) is 5.11 Å². The summed E-state index contributed by atoms with van der Waals surface area (Å²) in [5, 5.41) is 12.7. The van der Waals surface area contributed by atoms with Crippen LogP contribution in [-0.2, 0) is 11.2 Å². The number of aryl methyl sites for hydroxylation is 1. The maximum absolute atomic E-state index is 10.9. The van der Waals surface area contributed by atoms with E-state index in [1.165, 1.54) is 11.5 Å². The van der Waals surface area contributed by atoms with Gasteiger partial charge in [0.1, 0.15) is 5.82 Å². The van der Waals surface area contributed by atoms with Gasteiger partial charge < -0.3 is 10.4 Å². The van der Waals surface area contributed by atoms with Crippen LogP contribution in [0.25, 0.3) is 0 Å². The van der Waals surface area contributed by atoms with E-state index in [0.717, 1.165) is 30.2 Å². The van der Waals surface area contributed by atoms with Crippen molar-refractivity contribution in [1.82, 2.24) is 9.36 Å². The van der Waals surface area contributed by atoms with Crippen LogP contribution in [0.15, 0.2) is 0 Å². The van der Waals surface area contributed by atoms with Crippen molar-refractivity contribution in [3.63, 3.8) is 0 Å². The van der Waals surface area contributed by atoms with E-state index >= 15 is 0 Å². The van der Waals surface area contributed by atoms with E-state index in [-0.39, 0.29) is 0 Å². The van der Waals surface area contributed by atoms with Crippen LogP contribution in [-0.4, -0.2) is 27.0 Å². The fourth-order valence-electron chi connectivity index (χ4n) is 1.33. The zero-order chi connectivity index (χ0) is 10.9. The van der Waals surface area contributed by atoms with Crippen LogP contribution in [0.4, 0.5) is 5.13 Å². The normalized spacial score (nSPS) is 17.4. The summed E-state index contributed by atoms with van der Waals surface area (Å²) in [6, 6.07) is 0. The van der Waals surface area contributed by atoms with Gasteiger partial charge in [-0.15, -0.1) is 0 Å². The molecule has 1 saturated carbocycles. The Morgan fingerprint density at radius 2 is 2.40 bits per heavy atom. The minimum Gasteiger partial charge on any atom is -0.481 e. The van der Waals surface area contributed by atoms with Crippen LogP contribution >= 0.6 is 11.5 Å². The quantitative estimate of drug-likeness (QED) is 0.794. The van der Waals surface area contributed by atoms with Crippen LogP contribution in [0, 0.1) is 5.41 Å². The molecule has 15 heavy (non-hydrogen) atoms. The van der Waals surface area contributed by atoms with Gasteiger partial charge in [-0.2, -0.15) is 4.37 Å². The second-order valence-electron chi connectivity index (χ2n) is 3.81. The minimum atomic E-state index is -0.713. The first-order valence-corrected chi connectivity index (χ1v) is 5.73. The third-order valence-electron chi connectivity index (χ3n) is 2.67. The van der Waals surface area contributed by atoms with E-state index in [1.807, 2.05) is 6.92 Å². The average Bonchev–Trinajstić information content (AvgIpc) is 2.88. The molecule has 2 rings (SSSR count). The highest BCUT2D eigenvalue weighted by molar-refractivity contribution is 7.09. The molecule has 0 spiro atoms. The lowest BCUT2D eigenvalue weighted by atomic mass is 10.1. The molecule has 0 aliphatic heterocycles. The molecule has 1 aliphatic rings. The van der Waals surface area contributed by atoms with E-state index in [9.17, 15) is 4.79 Å². The Morgan fingerprint density at radius 3 is 2.87 bits per heavy atom. The van der Waals surface area contributed by atoms with E-state index < -0.39 is 11.4 Å². The molecule has 2 N–H and O–H groups in total. The predicted octanol–water partition coefficient (Wildman–Crippen LogP) is 1.38. The highest BCUT2D eigenvalue weighted by atomic mass is 32.1. The molecule has 6 heteroatoms. The molecule has 1 aromatic rings. The number of nitrogens with one attached hydrogen (secondary N) is 1. The molecule has 0 aromatic carbocycles. The molecule has 5 nitrogen and oxygen atoms in total. The Morgan fingerprint density at radius 1 is 1.67 bits per heavy atom. The Kier molecular flexibility index (Phi) is 2.60. The summed E-state index contributed by atoms with van der Waals surface area (Å²) in [7, 11) is 0. The fraction of sp³-hybridized carbons (Fsp3) is 0.667. The Labute approximate surface area is 91.7 Å². The number of nitrogens with zero attached hydrogens (tertiary/aromatic N) is 2. The van der Waals surface area contributed by atoms with Crippen molar-refractivity contribution in [2.24, 2.45) is 5.41 Å². The van der Waals surface area contributed by atoms with Gasteiger partial charge in [-0.1, -0.05) is 6.92 Å². The van der Waals surface area contributed by atoms with E-state index in [2.05, 4.69) is 14.7 Å². The second kappa shape index (κ2) is 3.77. The summed E-state index contributed by atoms with van der Waals surface area (Å²) >= 11 is 1.29. The standard InChI is InChI=1S/C9H13N3O2S/c1-2-6-11-8(15-12-6)10-5-9(3-4-9)7(13)14/h2-5H2,1H3,(H,13,14)(H,10,11,12). The van der Waals surface area contributed by atoms with Gasteiger partial charge in [-0.3, -0.25) is 4.79 Å². The van der Waals surface area contributed by atoms with Gasteiger partial charge in [0.25, 0.3) is 0 Å². The number of hydrogen-bond acceptors (Lipinski definition) is 5. The molecule has 1 heterocycles. The smallest absolute Gasteiger partial charge is 0.311 e. The Hall–Kier alpha value is -1.17. The summed E-state index contributed by atoms with van der Waals surface area (Å²) in [5.74, 6) is 0.0953. The highest BCUT2D eigenvalue weighted by Gasteiger charge is 2.50. The molecule has 0 amide bonds. The number of anilines is 1. The number of carbonyl (C=O) groups is 1. The highest BCUT2D eigenvalue weighted by Crippen LogP contribution is 2.45. The molecule has 82 valence electrons. The first-order chi connectivity index (χ1) is 7.16. The van der Waals surface area contributed by atoms with Crippen molar-refractivity contribution >= 4 is 22.6 Å². The maximum Gasteiger partial charge on any atom is 0.311 e. The molecule has 0 unspecified atom stereocenters. The molecular formula is C9H13N3O2S. The number of carboxylic acid groups (broad SMARTS) is 1. The van der Waals surface area contributed by atoms with Crippen molar-refractivity contribution in [1.29, 1.82) is 0 Å². The van der Waals surface area contributed by atoms with Gasteiger partial charge in [0.2, 0.25) is 5.13 Å². The summed E-state index contributed by atoms with van der Waals surface area (Å²) in [4.78, 5) is 15.1. The number of rotatable bonds is 5. The van der Waals surface area contributed by atoms with Crippen LogP contribution in [0.2, 0.25) is 0 Å². The van der Waals surface area contributed by atoms with Crippen molar-refractivity contribution in [3.8, 4) is 0 Å². The van der Waals surface area contributed by atoms with Crippen molar-refractivity contribution < 1.29 is 9.90 Å². The second-order valence-corrected chi connectivity index (χ2v) is 4.56. The topological polar surface area (TPSA) is 75.1 Å². The molecule has 0 radical (unpaired) electrons. The van der Waals surface area contributed by atoms with Crippen LogP contribution in [0.3, 0.4) is 0 Å². The first kappa shape index (κ1) is 10.4. The summed E-state index contributed by atoms with van der Waals surface area (Å²) in [5.41, 5.74) is -0.544. The first-order valence-electron chi connectivity index (χ1n) is 4.96. The maximum atomic E-state index is 10.9. The Bertz CT molecular complexity index is 373. The van der Waals surface area contributed by atoms with Crippen molar-refractivity contribution in [2.75, 3.05) is 11.9 Å². The molecular weight excluding hydrogens is 214 g/mol. The number of aliphatic carboxylic acids is 1. The van der Waals surface area contributed by atoms with Gasteiger partial charge in [-0.05, 0) is 12.8 Å². The van der Waals surface area contributed by atoms with Gasteiger partial charge in [0, 0.05) is 24.5 Å². The van der Waals surface area contributed by atoms with Crippen LogP contribution < -0.4 is 5.32 Å². The van der Waals surface area contributed by atoms with Gasteiger partial charge in [-0.25, -0.2) is 4.98 Å². The predicted molar refractivity (Wildman–Crippen MR) is 57.1 cm³/mol. The lowest BCUT2D eigenvalue weighted by Gasteiger charge is -2.08. The average molecular weight is 227 g/mol. The molecule has 0 atom stereocenters. The van der Waals surface area contributed by atoms with Crippen LogP contribution in [0.5, 0.6) is 0 Å². The monoisotopic (exact) mass is 227 g/mol. The fourth-order valence-corrected chi connectivity index (χ4v) is 1.98. The molecule has 1 fully saturated rings. The molecule has 1 aromatic heterocycles.